The molecule has 1 aliphatic rings. The van der Waals surface area contributed by atoms with Crippen molar-refractivity contribution in [2.75, 3.05) is 18.4 Å². The summed E-state index contributed by atoms with van der Waals surface area (Å²) in [5.74, 6) is -0.483. The van der Waals surface area contributed by atoms with Crippen LogP contribution < -0.4 is 5.32 Å². The number of H-pyrrole nitrogens is 1. The second-order valence-electron chi connectivity index (χ2n) is 7.92. The number of anilines is 2. The zero-order chi connectivity index (χ0) is 22.8. The number of benzene rings is 2. The Labute approximate surface area is 195 Å². The minimum atomic E-state index is -0.343. The highest BCUT2D eigenvalue weighted by molar-refractivity contribution is 7.71. The Kier molecular flexibility index (Phi) is 6.58. The summed E-state index contributed by atoms with van der Waals surface area (Å²) in [4.78, 5) is 18.0. The van der Waals surface area contributed by atoms with Crippen molar-refractivity contribution in [2.24, 2.45) is 0 Å². The van der Waals surface area contributed by atoms with Gasteiger partial charge in [-0.1, -0.05) is 36.0 Å². The lowest BCUT2D eigenvalue weighted by Gasteiger charge is -2.32. The third-order valence-corrected chi connectivity index (χ3v) is 6.65. The molecule has 0 saturated carbocycles. The molecule has 2 heterocycles. The van der Waals surface area contributed by atoms with Gasteiger partial charge in [-0.25, -0.2) is 8.78 Å². The summed E-state index contributed by atoms with van der Waals surface area (Å²) in [7, 11) is 0. The fraction of sp³-hybridized carbons (Fsp3) is 0.250. The van der Waals surface area contributed by atoms with E-state index in [-0.39, 0.29) is 28.5 Å². The molecule has 1 aromatic heterocycles. The second kappa shape index (κ2) is 9.38. The Bertz CT molecular complexity index is 1200. The summed E-state index contributed by atoms with van der Waals surface area (Å²) in [6.07, 6.45) is 3.13. The summed E-state index contributed by atoms with van der Waals surface area (Å²) in [6, 6.07) is 10.9. The van der Waals surface area contributed by atoms with Gasteiger partial charge in [0.25, 0.3) is 5.91 Å². The number of piperidine rings is 1. The summed E-state index contributed by atoms with van der Waals surface area (Å²) in [6.45, 7) is 2.91. The molecular weight excluding hydrogens is 452 g/mol. The van der Waals surface area contributed by atoms with Crippen LogP contribution in [0, 0.1) is 23.2 Å². The van der Waals surface area contributed by atoms with Crippen LogP contribution in [0.4, 0.5) is 20.2 Å². The van der Waals surface area contributed by atoms with Crippen molar-refractivity contribution in [3.8, 4) is 0 Å². The Morgan fingerprint density at radius 3 is 2.44 bits per heavy atom. The number of aromatic amines is 1. The second-order valence-corrected chi connectivity index (χ2v) is 8.71. The first-order valence-electron chi connectivity index (χ1n) is 10.3. The maximum Gasteiger partial charge on any atom is 0.257 e. The third-order valence-electron chi connectivity index (χ3n) is 5.84. The number of carbonyl (C=O) groups excluding carboxylic acids is 1. The molecule has 32 heavy (non-hydrogen) atoms. The van der Waals surface area contributed by atoms with Gasteiger partial charge in [-0.2, -0.15) is 0 Å². The maximum absolute atomic E-state index is 13.5. The van der Waals surface area contributed by atoms with Gasteiger partial charge in [0.15, 0.2) is 0 Å². The Morgan fingerprint density at radius 1 is 1.12 bits per heavy atom. The van der Waals surface area contributed by atoms with Crippen molar-refractivity contribution in [2.45, 2.75) is 25.7 Å². The molecule has 0 aliphatic carbocycles. The fourth-order valence-electron chi connectivity index (χ4n) is 4.02. The van der Waals surface area contributed by atoms with E-state index in [1.165, 1.54) is 24.3 Å². The zero-order valence-electron chi connectivity index (χ0n) is 17.4. The van der Waals surface area contributed by atoms with Gasteiger partial charge in [0, 0.05) is 25.0 Å². The molecule has 0 spiro atoms. The number of hydrogen-bond donors (Lipinski definition) is 2. The van der Waals surface area contributed by atoms with Crippen LogP contribution in [-0.4, -0.2) is 28.9 Å². The van der Waals surface area contributed by atoms with Crippen molar-refractivity contribution in [3.63, 3.8) is 0 Å². The normalized spacial score (nSPS) is 14.4. The fourth-order valence-corrected chi connectivity index (χ4v) is 4.38. The molecule has 0 radical (unpaired) electrons. The van der Waals surface area contributed by atoms with Gasteiger partial charge in [0.1, 0.15) is 16.3 Å². The lowest BCUT2D eigenvalue weighted by Crippen LogP contribution is -2.38. The summed E-state index contributed by atoms with van der Waals surface area (Å²) >= 11 is 11.7. The van der Waals surface area contributed by atoms with E-state index in [1.807, 2.05) is 12.1 Å². The van der Waals surface area contributed by atoms with Crippen LogP contribution in [0.5, 0.6) is 0 Å². The summed E-state index contributed by atoms with van der Waals surface area (Å²) in [5.41, 5.74) is 3.17. The number of pyridine rings is 1. The van der Waals surface area contributed by atoms with E-state index in [2.05, 4.69) is 10.3 Å². The highest BCUT2D eigenvalue weighted by Crippen LogP contribution is 2.34. The van der Waals surface area contributed by atoms with Crippen molar-refractivity contribution < 1.29 is 13.6 Å². The first-order chi connectivity index (χ1) is 15.3. The molecule has 1 amide bonds. The van der Waals surface area contributed by atoms with Crippen molar-refractivity contribution in [1.82, 2.24) is 9.88 Å². The van der Waals surface area contributed by atoms with Crippen LogP contribution in [0.25, 0.3) is 0 Å². The van der Waals surface area contributed by atoms with Gasteiger partial charge < -0.3 is 15.2 Å². The highest BCUT2D eigenvalue weighted by Gasteiger charge is 2.27. The molecule has 1 aliphatic heterocycles. The van der Waals surface area contributed by atoms with Gasteiger partial charge in [0.2, 0.25) is 0 Å². The van der Waals surface area contributed by atoms with Crippen LogP contribution in [0.2, 0.25) is 5.02 Å². The van der Waals surface area contributed by atoms with E-state index >= 15 is 0 Å². The van der Waals surface area contributed by atoms with E-state index in [4.69, 9.17) is 23.8 Å². The molecule has 1 saturated heterocycles. The number of amides is 1. The molecule has 8 heteroatoms. The van der Waals surface area contributed by atoms with Crippen LogP contribution in [-0.2, 0) is 0 Å². The lowest BCUT2D eigenvalue weighted by atomic mass is 9.89. The lowest BCUT2D eigenvalue weighted by molar-refractivity contribution is 0.0713. The third kappa shape index (κ3) is 4.69. The number of halogens is 3. The molecule has 166 valence electrons. The Hall–Kier alpha value is -2.77. The largest absolute Gasteiger partial charge is 0.353 e. The summed E-state index contributed by atoms with van der Waals surface area (Å²) < 4.78 is 27.0. The van der Waals surface area contributed by atoms with Gasteiger partial charge in [-0.3, -0.25) is 4.79 Å². The topological polar surface area (TPSA) is 48.1 Å². The van der Waals surface area contributed by atoms with E-state index in [0.717, 1.165) is 18.4 Å². The van der Waals surface area contributed by atoms with Crippen LogP contribution in [0.15, 0.2) is 48.7 Å². The number of carbonyl (C=O) groups is 1. The molecule has 3 aromatic rings. The standard InChI is InChI=1S/C24H22ClF2N3OS/c1-14-12-18(27)6-7-20(14)29-22-19(13-28-23(32)21(22)25)24(31)30-10-8-16(9-11-30)15-2-4-17(26)5-3-15/h2-7,12-13,16H,8-11H2,1H3,(H2,28,29,32). The zero-order valence-corrected chi connectivity index (χ0v) is 19.0. The first kappa shape index (κ1) is 22.4. The number of rotatable bonds is 4. The van der Waals surface area contributed by atoms with E-state index in [1.54, 1.807) is 24.1 Å². The van der Waals surface area contributed by atoms with Gasteiger partial charge in [-0.15, -0.1) is 0 Å². The monoisotopic (exact) mass is 473 g/mol. The van der Waals surface area contributed by atoms with Crippen LogP contribution in [0.3, 0.4) is 0 Å². The molecule has 0 bridgehead atoms. The average Bonchev–Trinajstić information content (AvgIpc) is 2.79. The molecule has 0 atom stereocenters. The predicted octanol–water partition coefficient (Wildman–Crippen LogP) is 6.75. The van der Waals surface area contributed by atoms with E-state index in [0.29, 0.717) is 40.2 Å². The molecule has 2 aromatic carbocycles. The molecule has 1 fully saturated rings. The summed E-state index contributed by atoms with van der Waals surface area (Å²) in [5, 5.41) is 3.40. The van der Waals surface area contributed by atoms with Gasteiger partial charge in [0.05, 0.1) is 16.3 Å². The number of hydrogen-bond acceptors (Lipinski definition) is 3. The molecule has 0 unspecified atom stereocenters. The first-order valence-corrected chi connectivity index (χ1v) is 11.1. The van der Waals surface area contributed by atoms with Gasteiger partial charge >= 0.3 is 0 Å². The number of aromatic nitrogens is 1. The number of likely N-dealkylation sites (tertiary alicyclic amines) is 1. The number of nitrogens with zero attached hydrogens (tertiary/aromatic N) is 1. The minimum absolute atomic E-state index is 0.169. The average molecular weight is 474 g/mol. The maximum atomic E-state index is 13.5. The Balaban J connectivity index is 1.55. The number of nitrogens with one attached hydrogen (secondary N) is 2. The van der Waals surface area contributed by atoms with E-state index in [9.17, 15) is 13.6 Å². The minimum Gasteiger partial charge on any atom is -0.353 e. The highest BCUT2D eigenvalue weighted by atomic mass is 35.5. The van der Waals surface area contributed by atoms with Crippen molar-refractivity contribution in [3.05, 3.63) is 86.6 Å². The molecule has 2 N–H and O–H groups in total. The molecule has 4 rings (SSSR count). The molecular formula is C24H22ClF2N3OS. The molecule has 4 nitrogen and oxygen atoms in total. The van der Waals surface area contributed by atoms with Crippen LogP contribution in [0.1, 0.15) is 40.2 Å². The Morgan fingerprint density at radius 2 is 1.78 bits per heavy atom. The van der Waals surface area contributed by atoms with Crippen molar-refractivity contribution >= 4 is 41.1 Å². The van der Waals surface area contributed by atoms with Crippen LogP contribution >= 0.6 is 23.8 Å². The quantitative estimate of drug-likeness (QED) is 0.412. The smallest absolute Gasteiger partial charge is 0.257 e. The van der Waals surface area contributed by atoms with E-state index < -0.39 is 0 Å². The predicted molar refractivity (Wildman–Crippen MR) is 125 cm³/mol. The van der Waals surface area contributed by atoms with Gasteiger partial charge in [-0.05, 0) is 67.1 Å². The SMILES string of the molecule is Cc1cc(F)ccc1Nc1c(C(=O)N2CCC(c3ccc(F)cc3)CC2)c[nH]c(=S)c1Cl. The van der Waals surface area contributed by atoms with Crippen molar-refractivity contribution in [1.29, 1.82) is 0 Å². The number of aryl methyl sites for hydroxylation is 1.